The van der Waals surface area contributed by atoms with Gasteiger partial charge in [-0.2, -0.15) is 0 Å². The van der Waals surface area contributed by atoms with Gasteiger partial charge in [-0.05, 0) is 49.2 Å². The first-order chi connectivity index (χ1) is 13.0. The number of furan rings is 1. The zero-order chi connectivity index (χ0) is 19.4. The highest BCUT2D eigenvalue weighted by molar-refractivity contribution is 6.04. The van der Waals surface area contributed by atoms with E-state index >= 15 is 0 Å². The van der Waals surface area contributed by atoms with Crippen LogP contribution >= 0.6 is 0 Å². The number of carbonyl (C=O) groups is 2. The number of amides is 2. The summed E-state index contributed by atoms with van der Waals surface area (Å²) in [6.07, 6.45) is 1.45. The molecule has 5 heteroatoms. The molecule has 2 aromatic carbocycles. The van der Waals surface area contributed by atoms with Crippen LogP contribution in [0, 0.1) is 6.92 Å². The third-order valence-electron chi connectivity index (χ3n) is 4.66. The van der Waals surface area contributed by atoms with Crippen molar-refractivity contribution in [2.45, 2.75) is 19.9 Å². The van der Waals surface area contributed by atoms with Gasteiger partial charge in [-0.1, -0.05) is 36.4 Å². The minimum Gasteiger partial charge on any atom is -0.459 e. The van der Waals surface area contributed by atoms with Crippen molar-refractivity contribution < 1.29 is 14.0 Å². The largest absolute Gasteiger partial charge is 0.459 e. The third-order valence-corrected chi connectivity index (χ3v) is 4.66. The van der Waals surface area contributed by atoms with Crippen LogP contribution in [0.1, 0.15) is 45.0 Å². The summed E-state index contributed by atoms with van der Waals surface area (Å²) in [4.78, 5) is 26.9. The Kier molecular flexibility index (Phi) is 5.41. The molecule has 0 radical (unpaired) electrons. The van der Waals surface area contributed by atoms with E-state index in [4.69, 9.17) is 4.42 Å². The SMILES string of the molecule is Cc1ccc(C(=O)N(C)[C@@H](C)c2ccccc2)cc1NC(=O)c1ccco1. The summed E-state index contributed by atoms with van der Waals surface area (Å²) in [5.41, 5.74) is 3.03. The van der Waals surface area contributed by atoms with Gasteiger partial charge in [-0.3, -0.25) is 9.59 Å². The van der Waals surface area contributed by atoms with Gasteiger partial charge >= 0.3 is 0 Å². The van der Waals surface area contributed by atoms with Crippen LogP contribution < -0.4 is 5.32 Å². The molecule has 27 heavy (non-hydrogen) atoms. The first kappa shape index (κ1) is 18.5. The number of nitrogens with one attached hydrogen (secondary N) is 1. The molecule has 1 heterocycles. The molecular weight excluding hydrogens is 340 g/mol. The fourth-order valence-electron chi connectivity index (χ4n) is 2.82. The van der Waals surface area contributed by atoms with E-state index in [9.17, 15) is 9.59 Å². The molecule has 3 aromatic rings. The van der Waals surface area contributed by atoms with Gasteiger partial charge in [-0.15, -0.1) is 0 Å². The Morgan fingerprint density at radius 3 is 2.44 bits per heavy atom. The zero-order valence-corrected chi connectivity index (χ0v) is 15.6. The highest BCUT2D eigenvalue weighted by Gasteiger charge is 2.20. The first-order valence-corrected chi connectivity index (χ1v) is 8.75. The van der Waals surface area contributed by atoms with Gasteiger partial charge in [0.2, 0.25) is 0 Å². The molecule has 0 spiro atoms. The third kappa shape index (κ3) is 4.08. The molecular formula is C22H22N2O3. The monoisotopic (exact) mass is 362 g/mol. The van der Waals surface area contributed by atoms with Gasteiger partial charge in [0.1, 0.15) is 0 Å². The Morgan fingerprint density at radius 1 is 1.04 bits per heavy atom. The van der Waals surface area contributed by atoms with E-state index in [1.807, 2.05) is 50.2 Å². The van der Waals surface area contributed by atoms with Gasteiger partial charge in [0.25, 0.3) is 11.8 Å². The second-order valence-electron chi connectivity index (χ2n) is 6.46. The predicted octanol–water partition coefficient (Wildman–Crippen LogP) is 4.67. The number of hydrogen-bond acceptors (Lipinski definition) is 3. The lowest BCUT2D eigenvalue weighted by Gasteiger charge is -2.25. The Balaban J connectivity index is 1.80. The molecule has 1 atom stereocenters. The van der Waals surface area contributed by atoms with Gasteiger partial charge in [0.15, 0.2) is 5.76 Å². The Hall–Kier alpha value is -3.34. The molecule has 138 valence electrons. The van der Waals surface area contributed by atoms with Crippen LogP contribution in [0.25, 0.3) is 0 Å². The van der Waals surface area contributed by atoms with E-state index in [0.29, 0.717) is 11.3 Å². The van der Waals surface area contributed by atoms with E-state index < -0.39 is 0 Å². The number of hydrogen-bond donors (Lipinski definition) is 1. The number of carbonyl (C=O) groups excluding carboxylic acids is 2. The van der Waals surface area contributed by atoms with Crippen molar-refractivity contribution in [2.24, 2.45) is 0 Å². The summed E-state index contributed by atoms with van der Waals surface area (Å²) in [5.74, 6) is -0.237. The molecule has 0 unspecified atom stereocenters. The average molecular weight is 362 g/mol. The molecule has 0 aliphatic carbocycles. The lowest BCUT2D eigenvalue weighted by Crippen LogP contribution is -2.29. The highest BCUT2D eigenvalue weighted by Crippen LogP contribution is 2.23. The van der Waals surface area contributed by atoms with Crippen molar-refractivity contribution >= 4 is 17.5 Å². The molecule has 0 bridgehead atoms. The zero-order valence-electron chi connectivity index (χ0n) is 15.6. The van der Waals surface area contributed by atoms with Crippen LogP contribution in [0.2, 0.25) is 0 Å². The summed E-state index contributed by atoms with van der Waals surface area (Å²) < 4.78 is 5.12. The quantitative estimate of drug-likeness (QED) is 0.717. The maximum atomic E-state index is 12.9. The van der Waals surface area contributed by atoms with Gasteiger partial charge in [0, 0.05) is 18.3 Å². The summed E-state index contributed by atoms with van der Waals surface area (Å²) >= 11 is 0. The lowest BCUT2D eigenvalue weighted by molar-refractivity contribution is 0.0742. The van der Waals surface area contributed by atoms with Crippen molar-refractivity contribution in [3.05, 3.63) is 89.4 Å². The maximum Gasteiger partial charge on any atom is 0.291 e. The Morgan fingerprint density at radius 2 is 1.78 bits per heavy atom. The molecule has 5 nitrogen and oxygen atoms in total. The van der Waals surface area contributed by atoms with E-state index in [1.54, 1.807) is 36.2 Å². The maximum absolute atomic E-state index is 12.9. The molecule has 0 saturated carbocycles. The van der Waals surface area contributed by atoms with Crippen molar-refractivity contribution in [3.63, 3.8) is 0 Å². The second-order valence-corrected chi connectivity index (χ2v) is 6.46. The highest BCUT2D eigenvalue weighted by atomic mass is 16.3. The molecule has 1 aromatic heterocycles. The molecule has 0 aliphatic heterocycles. The molecule has 0 saturated heterocycles. The summed E-state index contributed by atoms with van der Waals surface area (Å²) in [5, 5.41) is 2.80. The standard InChI is InChI=1S/C22H22N2O3/c1-15-11-12-18(14-19(15)23-21(25)20-10-7-13-27-20)22(26)24(3)16(2)17-8-5-4-6-9-17/h4-14,16H,1-3H3,(H,23,25)/t16-/m0/s1. The van der Waals surface area contributed by atoms with Gasteiger partial charge in [-0.25, -0.2) is 0 Å². The fourth-order valence-corrected chi connectivity index (χ4v) is 2.82. The van der Waals surface area contributed by atoms with E-state index in [1.165, 1.54) is 6.26 Å². The van der Waals surface area contributed by atoms with Crippen LogP contribution in [0.15, 0.2) is 71.3 Å². The smallest absolute Gasteiger partial charge is 0.291 e. The van der Waals surface area contributed by atoms with Crippen molar-refractivity contribution in [2.75, 3.05) is 12.4 Å². The van der Waals surface area contributed by atoms with Crippen LogP contribution in [0.5, 0.6) is 0 Å². The van der Waals surface area contributed by atoms with Gasteiger partial charge < -0.3 is 14.6 Å². The van der Waals surface area contributed by atoms with Crippen LogP contribution in [-0.2, 0) is 0 Å². The fraction of sp³-hybridized carbons (Fsp3) is 0.182. The summed E-state index contributed by atoms with van der Waals surface area (Å²) in [6, 6.07) is 18.3. The molecule has 0 fully saturated rings. The van der Waals surface area contributed by atoms with Crippen LogP contribution in [0.3, 0.4) is 0 Å². The summed E-state index contributed by atoms with van der Waals surface area (Å²) in [7, 11) is 1.78. The predicted molar refractivity (Wildman–Crippen MR) is 105 cm³/mol. The molecule has 2 amide bonds. The minimum atomic E-state index is -0.348. The number of nitrogens with zero attached hydrogens (tertiary/aromatic N) is 1. The van der Waals surface area contributed by atoms with Crippen LogP contribution in [-0.4, -0.2) is 23.8 Å². The van der Waals surface area contributed by atoms with E-state index in [2.05, 4.69) is 5.32 Å². The number of rotatable bonds is 5. The average Bonchev–Trinajstić information content (AvgIpc) is 3.23. The normalized spacial score (nSPS) is 11.7. The van der Waals surface area contributed by atoms with Crippen molar-refractivity contribution in [3.8, 4) is 0 Å². The topological polar surface area (TPSA) is 62.6 Å². The Bertz CT molecular complexity index is 933. The minimum absolute atomic E-state index is 0.0684. The molecule has 0 aliphatic rings. The van der Waals surface area contributed by atoms with Crippen molar-refractivity contribution in [1.29, 1.82) is 0 Å². The lowest BCUT2D eigenvalue weighted by atomic mass is 10.0. The summed E-state index contributed by atoms with van der Waals surface area (Å²) in [6.45, 7) is 3.86. The first-order valence-electron chi connectivity index (χ1n) is 8.75. The molecule has 1 N–H and O–H groups in total. The van der Waals surface area contributed by atoms with Gasteiger partial charge in [0.05, 0.1) is 12.3 Å². The second kappa shape index (κ2) is 7.91. The number of benzene rings is 2. The number of aryl methyl sites for hydroxylation is 1. The van der Waals surface area contributed by atoms with E-state index in [0.717, 1.165) is 11.1 Å². The van der Waals surface area contributed by atoms with Crippen LogP contribution in [0.4, 0.5) is 5.69 Å². The number of anilines is 1. The Labute approximate surface area is 158 Å². The molecule has 3 rings (SSSR count). The van der Waals surface area contributed by atoms with E-state index in [-0.39, 0.29) is 23.6 Å². The van der Waals surface area contributed by atoms with Crippen molar-refractivity contribution in [1.82, 2.24) is 4.90 Å².